The summed E-state index contributed by atoms with van der Waals surface area (Å²) in [4.78, 5) is 0. The van der Waals surface area contributed by atoms with Gasteiger partial charge < -0.3 is 9.84 Å². The van der Waals surface area contributed by atoms with E-state index in [1.165, 1.54) is 6.42 Å². The van der Waals surface area contributed by atoms with E-state index in [4.69, 9.17) is 4.74 Å². The zero-order chi connectivity index (χ0) is 11.7. The predicted octanol–water partition coefficient (Wildman–Crippen LogP) is 3.34. The van der Waals surface area contributed by atoms with Crippen molar-refractivity contribution in [2.75, 3.05) is 0 Å². The van der Waals surface area contributed by atoms with E-state index < -0.39 is 6.29 Å². The molecule has 0 aromatic rings. The lowest BCUT2D eigenvalue weighted by Gasteiger charge is -2.38. The number of aliphatic hydroxyl groups is 1. The quantitative estimate of drug-likeness (QED) is 0.777. The lowest BCUT2D eigenvalue weighted by molar-refractivity contribution is -0.126. The lowest BCUT2D eigenvalue weighted by atomic mass is 9.70. The molecule has 0 aromatic carbocycles. The van der Waals surface area contributed by atoms with Crippen molar-refractivity contribution >= 4 is 0 Å². The van der Waals surface area contributed by atoms with Crippen LogP contribution in [0.4, 0.5) is 0 Å². The van der Waals surface area contributed by atoms with Crippen molar-refractivity contribution in [1.82, 2.24) is 0 Å². The van der Waals surface area contributed by atoms with Crippen LogP contribution in [0.25, 0.3) is 0 Å². The SMILES string of the molecule is CCC(C)(C)CC(C)(C)C1CCC(O)O1. The van der Waals surface area contributed by atoms with Gasteiger partial charge in [0, 0.05) is 6.42 Å². The van der Waals surface area contributed by atoms with Gasteiger partial charge in [-0.1, -0.05) is 41.0 Å². The highest BCUT2D eigenvalue weighted by atomic mass is 16.6. The smallest absolute Gasteiger partial charge is 0.155 e. The van der Waals surface area contributed by atoms with E-state index in [2.05, 4.69) is 34.6 Å². The molecule has 0 amide bonds. The fourth-order valence-electron chi connectivity index (χ4n) is 2.67. The largest absolute Gasteiger partial charge is 0.368 e. The number of hydrogen-bond donors (Lipinski definition) is 1. The maximum absolute atomic E-state index is 9.40. The van der Waals surface area contributed by atoms with E-state index in [1.807, 2.05) is 0 Å². The Morgan fingerprint density at radius 2 is 1.80 bits per heavy atom. The molecule has 2 nitrogen and oxygen atoms in total. The van der Waals surface area contributed by atoms with Crippen LogP contribution in [-0.4, -0.2) is 17.5 Å². The number of hydrogen-bond acceptors (Lipinski definition) is 2. The van der Waals surface area contributed by atoms with Crippen LogP contribution in [0.2, 0.25) is 0 Å². The minimum atomic E-state index is -0.529. The second kappa shape index (κ2) is 4.42. The monoisotopic (exact) mass is 214 g/mol. The molecule has 0 aliphatic carbocycles. The van der Waals surface area contributed by atoms with Crippen molar-refractivity contribution in [3.05, 3.63) is 0 Å². The second-order valence-electron chi connectivity index (χ2n) is 6.34. The Morgan fingerprint density at radius 3 is 2.20 bits per heavy atom. The van der Waals surface area contributed by atoms with Gasteiger partial charge in [-0.15, -0.1) is 0 Å². The summed E-state index contributed by atoms with van der Waals surface area (Å²) in [5.41, 5.74) is 0.525. The van der Waals surface area contributed by atoms with Crippen LogP contribution in [0.1, 0.15) is 60.3 Å². The van der Waals surface area contributed by atoms with E-state index in [0.717, 1.165) is 19.3 Å². The maximum Gasteiger partial charge on any atom is 0.155 e. The molecule has 90 valence electrons. The highest BCUT2D eigenvalue weighted by Gasteiger charge is 2.39. The van der Waals surface area contributed by atoms with Gasteiger partial charge >= 0.3 is 0 Å². The van der Waals surface area contributed by atoms with Gasteiger partial charge in [-0.2, -0.15) is 0 Å². The first-order chi connectivity index (χ1) is 6.77. The Bertz CT molecular complexity index is 209. The third-order valence-corrected chi connectivity index (χ3v) is 3.76. The molecule has 2 atom stereocenters. The minimum absolute atomic E-state index is 0.164. The molecular formula is C13H26O2. The van der Waals surface area contributed by atoms with Crippen molar-refractivity contribution in [1.29, 1.82) is 0 Å². The first kappa shape index (κ1) is 13.0. The fourth-order valence-corrected chi connectivity index (χ4v) is 2.67. The van der Waals surface area contributed by atoms with Gasteiger partial charge in [-0.3, -0.25) is 0 Å². The standard InChI is InChI=1S/C13H26O2/c1-6-12(2,3)9-13(4,5)10-7-8-11(14)15-10/h10-11,14H,6-9H2,1-5H3. The van der Waals surface area contributed by atoms with Gasteiger partial charge in [0.05, 0.1) is 6.10 Å². The van der Waals surface area contributed by atoms with Crippen LogP contribution in [-0.2, 0) is 4.74 Å². The van der Waals surface area contributed by atoms with Gasteiger partial charge in [-0.25, -0.2) is 0 Å². The third-order valence-electron chi connectivity index (χ3n) is 3.76. The normalized spacial score (nSPS) is 28.4. The molecule has 1 fully saturated rings. The summed E-state index contributed by atoms with van der Waals surface area (Å²) in [5.74, 6) is 0. The van der Waals surface area contributed by atoms with Crippen molar-refractivity contribution in [3.8, 4) is 0 Å². The van der Waals surface area contributed by atoms with Gasteiger partial charge in [-0.05, 0) is 23.7 Å². The molecule has 0 bridgehead atoms. The van der Waals surface area contributed by atoms with E-state index in [9.17, 15) is 5.11 Å². The molecule has 0 spiro atoms. The molecule has 1 N–H and O–H groups in total. The summed E-state index contributed by atoms with van der Waals surface area (Å²) in [5, 5.41) is 9.40. The number of aliphatic hydroxyl groups excluding tert-OH is 1. The van der Waals surface area contributed by atoms with Crippen LogP contribution >= 0.6 is 0 Å². The van der Waals surface area contributed by atoms with Gasteiger partial charge in [0.1, 0.15) is 0 Å². The molecule has 1 aliphatic rings. The van der Waals surface area contributed by atoms with Crippen molar-refractivity contribution in [2.45, 2.75) is 72.7 Å². The molecule has 0 saturated carbocycles. The van der Waals surface area contributed by atoms with Crippen LogP contribution < -0.4 is 0 Å². The Labute approximate surface area is 94.0 Å². The topological polar surface area (TPSA) is 29.5 Å². The van der Waals surface area contributed by atoms with E-state index in [-0.39, 0.29) is 11.5 Å². The Kier molecular flexibility index (Phi) is 3.83. The molecule has 1 heterocycles. The zero-order valence-corrected chi connectivity index (χ0v) is 10.8. The van der Waals surface area contributed by atoms with Crippen LogP contribution in [0, 0.1) is 10.8 Å². The summed E-state index contributed by atoms with van der Waals surface area (Å²) in [6.45, 7) is 11.4. The van der Waals surface area contributed by atoms with Gasteiger partial charge in [0.15, 0.2) is 6.29 Å². The molecule has 1 saturated heterocycles. The summed E-state index contributed by atoms with van der Waals surface area (Å²) >= 11 is 0. The molecule has 15 heavy (non-hydrogen) atoms. The Hall–Kier alpha value is -0.0800. The van der Waals surface area contributed by atoms with Gasteiger partial charge in [0.25, 0.3) is 0 Å². The lowest BCUT2D eigenvalue weighted by Crippen LogP contribution is -2.34. The predicted molar refractivity (Wildman–Crippen MR) is 62.6 cm³/mol. The highest BCUT2D eigenvalue weighted by Crippen LogP contribution is 2.42. The summed E-state index contributed by atoms with van der Waals surface area (Å²) in [6, 6.07) is 0. The first-order valence-electron chi connectivity index (χ1n) is 6.10. The fraction of sp³-hybridized carbons (Fsp3) is 1.00. The maximum atomic E-state index is 9.40. The molecular weight excluding hydrogens is 188 g/mol. The molecule has 0 aromatic heterocycles. The summed E-state index contributed by atoms with van der Waals surface area (Å²) in [6.07, 6.45) is 3.81. The van der Waals surface area contributed by atoms with Crippen LogP contribution in [0.15, 0.2) is 0 Å². The average molecular weight is 214 g/mol. The summed E-state index contributed by atoms with van der Waals surface area (Å²) in [7, 11) is 0. The molecule has 2 unspecified atom stereocenters. The van der Waals surface area contributed by atoms with Gasteiger partial charge in [0.2, 0.25) is 0 Å². The molecule has 2 heteroatoms. The Morgan fingerprint density at radius 1 is 1.20 bits per heavy atom. The molecule has 0 radical (unpaired) electrons. The first-order valence-corrected chi connectivity index (χ1v) is 6.10. The molecule has 1 rings (SSSR count). The van der Waals surface area contributed by atoms with Crippen LogP contribution in [0.5, 0.6) is 0 Å². The zero-order valence-electron chi connectivity index (χ0n) is 10.8. The average Bonchev–Trinajstić information content (AvgIpc) is 2.51. The van der Waals surface area contributed by atoms with E-state index in [0.29, 0.717) is 5.41 Å². The van der Waals surface area contributed by atoms with Crippen molar-refractivity contribution in [2.24, 2.45) is 10.8 Å². The van der Waals surface area contributed by atoms with Crippen molar-refractivity contribution in [3.63, 3.8) is 0 Å². The molecule has 1 aliphatic heterocycles. The summed E-state index contributed by atoms with van der Waals surface area (Å²) < 4.78 is 5.57. The van der Waals surface area contributed by atoms with E-state index >= 15 is 0 Å². The highest BCUT2D eigenvalue weighted by molar-refractivity contribution is 4.87. The van der Waals surface area contributed by atoms with Crippen LogP contribution in [0.3, 0.4) is 0 Å². The number of ether oxygens (including phenoxy) is 1. The number of rotatable bonds is 4. The third kappa shape index (κ3) is 3.46. The second-order valence-corrected chi connectivity index (χ2v) is 6.34. The van der Waals surface area contributed by atoms with E-state index in [1.54, 1.807) is 0 Å². The minimum Gasteiger partial charge on any atom is -0.368 e. The Balaban J connectivity index is 2.58. The van der Waals surface area contributed by atoms with Crippen molar-refractivity contribution < 1.29 is 9.84 Å².